The van der Waals surface area contributed by atoms with Gasteiger partial charge >= 0.3 is 0 Å². The third-order valence-electron chi connectivity index (χ3n) is 5.11. The fourth-order valence-corrected chi connectivity index (χ4v) is 4.42. The van der Waals surface area contributed by atoms with E-state index in [4.69, 9.17) is 0 Å². The molecule has 0 aliphatic carbocycles. The van der Waals surface area contributed by atoms with E-state index >= 15 is 0 Å². The molecule has 0 fully saturated rings. The van der Waals surface area contributed by atoms with E-state index in [2.05, 4.69) is 4.72 Å². The van der Waals surface area contributed by atoms with Gasteiger partial charge in [-0.05, 0) is 48.4 Å². The number of nitrogens with one attached hydrogen (secondary N) is 1. The summed E-state index contributed by atoms with van der Waals surface area (Å²) in [7, 11) is -4.00. The number of rotatable bonds is 10. The van der Waals surface area contributed by atoms with Crippen molar-refractivity contribution in [2.24, 2.45) is 0 Å². The Morgan fingerprint density at radius 1 is 0.886 bits per heavy atom. The molecule has 1 atom stereocenters. The highest BCUT2D eigenvalue weighted by molar-refractivity contribution is 7.89. The van der Waals surface area contributed by atoms with Crippen molar-refractivity contribution in [2.45, 2.75) is 24.3 Å². The van der Waals surface area contributed by atoms with E-state index in [-0.39, 0.29) is 22.7 Å². The number of hydrogen-bond donors (Lipinski definition) is 1. The second-order valence-corrected chi connectivity index (χ2v) is 9.40. The van der Waals surface area contributed by atoms with Crippen LogP contribution in [0, 0.1) is 27.2 Å². The van der Waals surface area contributed by atoms with Gasteiger partial charge < -0.3 is 0 Å². The zero-order chi connectivity index (χ0) is 25.6. The molecule has 0 spiro atoms. The second kappa shape index (κ2) is 10.8. The fraction of sp³-hybridized carbons (Fsp3) is 0.125. The number of nitro groups is 2. The Balaban J connectivity index is 1.84. The maximum Gasteiger partial charge on any atom is 0.269 e. The molecule has 0 radical (unpaired) electrons. The number of ketones is 1. The maximum atomic E-state index is 12.9. The van der Waals surface area contributed by atoms with Crippen LogP contribution >= 0.6 is 0 Å². The maximum absolute atomic E-state index is 12.9. The van der Waals surface area contributed by atoms with Gasteiger partial charge in [0.05, 0.1) is 20.8 Å². The van der Waals surface area contributed by atoms with Crippen LogP contribution in [-0.4, -0.2) is 24.0 Å². The monoisotopic (exact) mass is 495 g/mol. The van der Waals surface area contributed by atoms with Crippen LogP contribution in [0.4, 0.5) is 11.4 Å². The predicted molar refractivity (Wildman–Crippen MR) is 129 cm³/mol. The lowest BCUT2D eigenvalue weighted by atomic mass is 10.0. The molecule has 3 aromatic rings. The van der Waals surface area contributed by atoms with Gasteiger partial charge in [0.15, 0.2) is 5.78 Å². The number of non-ortho nitro benzene ring substituents is 2. The molecule has 0 heterocycles. The average molecular weight is 496 g/mol. The first-order valence-corrected chi connectivity index (χ1v) is 11.8. The van der Waals surface area contributed by atoms with E-state index in [9.17, 15) is 33.4 Å². The van der Waals surface area contributed by atoms with E-state index in [0.29, 0.717) is 11.1 Å². The quantitative estimate of drug-likeness (QED) is 0.247. The molecular weight excluding hydrogens is 474 g/mol. The Morgan fingerprint density at radius 3 is 1.91 bits per heavy atom. The van der Waals surface area contributed by atoms with Crippen LogP contribution in [0.2, 0.25) is 0 Å². The van der Waals surface area contributed by atoms with E-state index in [1.54, 1.807) is 12.1 Å². The summed E-state index contributed by atoms with van der Waals surface area (Å²) in [6.07, 6.45) is 2.46. The lowest BCUT2D eigenvalue weighted by Crippen LogP contribution is -2.30. The molecule has 3 rings (SSSR count). The van der Waals surface area contributed by atoms with Crippen molar-refractivity contribution in [3.63, 3.8) is 0 Å². The van der Waals surface area contributed by atoms with Gasteiger partial charge in [0.2, 0.25) is 10.0 Å². The summed E-state index contributed by atoms with van der Waals surface area (Å²) in [5.41, 5.74) is 1.55. The summed E-state index contributed by atoms with van der Waals surface area (Å²) >= 11 is 0. The Morgan fingerprint density at radius 2 is 1.40 bits per heavy atom. The topological polar surface area (TPSA) is 150 Å². The Labute approximate surface area is 201 Å². The lowest BCUT2D eigenvalue weighted by Gasteiger charge is -2.18. The number of carbonyl (C=O) groups excluding carboxylic acids is 1. The van der Waals surface area contributed by atoms with Crippen LogP contribution in [0.5, 0.6) is 0 Å². The van der Waals surface area contributed by atoms with Crippen LogP contribution < -0.4 is 4.72 Å². The molecule has 1 N–H and O–H groups in total. The van der Waals surface area contributed by atoms with Crippen molar-refractivity contribution in [3.8, 4) is 0 Å². The molecule has 0 amide bonds. The van der Waals surface area contributed by atoms with Crippen LogP contribution in [0.3, 0.4) is 0 Å². The summed E-state index contributed by atoms with van der Waals surface area (Å²) in [5.74, 6) is -0.418. The first kappa shape index (κ1) is 25.4. The minimum atomic E-state index is -4.00. The van der Waals surface area contributed by atoms with Crippen molar-refractivity contribution in [2.75, 3.05) is 0 Å². The minimum Gasteiger partial charge on any atom is -0.295 e. The van der Waals surface area contributed by atoms with E-state index in [1.807, 2.05) is 6.92 Å². The van der Waals surface area contributed by atoms with Gasteiger partial charge in [-0.3, -0.25) is 25.0 Å². The lowest BCUT2D eigenvalue weighted by molar-refractivity contribution is -0.385. The van der Waals surface area contributed by atoms with E-state index in [1.165, 1.54) is 72.8 Å². The third-order valence-corrected chi connectivity index (χ3v) is 6.59. The largest absolute Gasteiger partial charge is 0.295 e. The summed E-state index contributed by atoms with van der Waals surface area (Å²) < 4.78 is 28.4. The number of nitrogens with zero attached hydrogens (tertiary/aromatic N) is 2. The zero-order valence-electron chi connectivity index (χ0n) is 18.5. The van der Waals surface area contributed by atoms with Crippen molar-refractivity contribution in [3.05, 3.63) is 116 Å². The molecule has 0 saturated heterocycles. The van der Waals surface area contributed by atoms with Gasteiger partial charge in [-0.15, -0.1) is 0 Å². The van der Waals surface area contributed by atoms with Crippen molar-refractivity contribution < 1.29 is 23.1 Å². The van der Waals surface area contributed by atoms with Crippen molar-refractivity contribution in [1.29, 1.82) is 0 Å². The molecule has 11 heteroatoms. The van der Waals surface area contributed by atoms with Gasteiger partial charge in [0, 0.05) is 30.7 Å². The first-order valence-electron chi connectivity index (χ1n) is 10.3. The fourth-order valence-electron chi connectivity index (χ4n) is 3.19. The number of nitro benzene ring substituents is 2. The van der Waals surface area contributed by atoms with Crippen molar-refractivity contribution >= 4 is 33.3 Å². The summed E-state index contributed by atoms with van der Waals surface area (Å²) in [6, 6.07) is 16.0. The number of benzene rings is 3. The Bertz CT molecular complexity index is 1370. The summed E-state index contributed by atoms with van der Waals surface area (Å²) in [5, 5.41) is 21.7. The first-order chi connectivity index (χ1) is 16.5. The smallest absolute Gasteiger partial charge is 0.269 e. The molecule has 3 aromatic carbocycles. The highest BCUT2D eigenvalue weighted by Gasteiger charge is 2.24. The van der Waals surface area contributed by atoms with Crippen LogP contribution in [0.1, 0.15) is 29.2 Å². The van der Waals surface area contributed by atoms with Crippen LogP contribution in [-0.2, 0) is 14.8 Å². The summed E-state index contributed by atoms with van der Waals surface area (Å²) in [6.45, 7) is 1.82. The van der Waals surface area contributed by atoms with Gasteiger partial charge in [-0.25, -0.2) is 13.1 Å². The number of hydrogen-bond acceptors (Lipinski definition) is 7. The molecule has 0 aromatic heterocycles. The van der Waals surface area contributed by atoms with Gasteiger partial charge in [0.25, 0.3) is 11.4 Å². The normalized spacial score (nSPS) is 12.4. The van der Waals surface area contributed by atoms with Crippen LogP contribution in [0.25, 0.3) is 6.08 Å². The minimum absolute atomic E-state index is 0.0175. The molecule has 0 bridgehead atoms. The standard InChI is InChI=1S/C24H21N3O7S/c1-17-2-14-23(15-3-17)35(33,34)25-24(19-7-11-21(12-8-19)27(31)32)16-22(28)13-6-18-4-9-20(10-5-18)26(29)30/h2-15,24-25H,16H2,1H3/b13-6+. The Hall–Kier alpha value is -4.22. The van der Waals surface area contributed by atoms with Crippen molar-refractivity contribution in [1.82, 2.24) is 4.72 Å². The number of carbonyl (C=O) groups is 1. The highest BCUT2D eigenvalue weighted by atomic mass is 32.2. The van der Waals surface area contributed by atoms with E-state index in [0.717, 1.165) is 5.56 Å². The molecular formula is C24H21N3O7S. The summed E-state index contributed by atoms with van der Waals surface area (Å²) in [4.78, 5) is 33.3. The van der Waals surface area contributed by atoms with Gasteiger partial charge in [0.1, 0.15) is 0 Å². The number of allylic oxidation sites excluding steroid dienone is 1. The highest BCUT2D eigenvalue weighted by Crippen LogP contribution is 2.24. The zero-order valence-corrected chi connectivity index (χ0v) is 19.3. The SMILES string of the molecule is Cc1ccc(S(=O)(=O)NC(CC(=O)/C=C/c2ccc([N+](=O)[O-])cc2)c2ccc([N+](=O)[O-])cc2)cc1. The average Bonchev–Trinajstić information content (AvgIpc) is 2.83. The van der Waals surface area contributed by atoms with Gasteiger partial charge in [-0.2, -0.15) is 0 Å². The molecule has 35 heavy (non-hydrogen) atoms. The van der Waals surface area contributed by atoms with E-state index < -0.39 is 31.7 Å². The number of sulfonamides is 1. The third kappa shape index (κ3) is 6.88. The molecule has 1 unspecified atom stereocenters. The second-order valence-electron chi connectivity index (χ2n) is 7.69. The van der Waals surface area contributed by atoms with Crippen LogP contribution in [0.15, 0.2) is 83.8 Å². The Kier molecular flexibility index (Phi) is 7.84. The molecule has 0 aliphatic heterocycles. The molecule has 0 saturated carbocycles. The molecule has 10 nitrogen and oxygen atoms in total. The number of aryl methyl sites for hydroxylation is 1. The molecule has 0 aliphatic rings. The van der Waals surface area contributed by atoms with Gasteiger partial charge in [-0.1, -0.05) is 35.9 Å². The molecule has 180 valence electrons. The predicted octanol–water partition coefficient (Wildman–Crippen LogP) is 4.50.